The fourth-order valence-electron chi connectivity index (χ4n) is 2.60. The van der Waals surface area contributed by atoms with Crippen molar-refractivity contribution < 1.29 is 42.9 Å². The number of rotatable bonds is 8. The van der Waals surface area contributed by atoms with Gasteiger partial charge in [0.1, 0.15) is 9.88 Å². The molecule has 2 aromatic rings. The van der Waals surface area contributed by atoms with Gasteiger partial charge < -0.3 is 24.3 Å². The number of ether oxygens (including phenoxy) is 4. The molecule has 1 aromatic carbocycles. The number of benzene rings is 1. The summed E-state index contributed by atoms with van der Waals surface area (Å²) < 4.78 is 18.9. The summed E-state index contributed by atoms with van der Waals surface area (Å²) in [5, 5.41) is 2.51. The van der Waals surface area contributed by atoms with Gasteiger partial charge in [-0.3, -0.25) is 4.79 Å². The first-order valence-corrected chi connectivity index (χ1v) is 10.2. The SMILES string of the molecule is COC(=O)c1ccc(/C=C/C(=O)OCC(=O)Nc2sc(C(=O)OC)c(C)c2C(=O)OC)cc1. The van der Waals surface area contributed by atoms with Gasteiger partial charge in [0.25, 0.3) is 5.91 Å². The highest BCUT2D eigenvalue weighted by Crippen LogP contribution is 2.34. The van der Waals surface area contributed by atoms with Crippen LogP contribution in [0.25, 0.3) is 6.08 Å². The van der Waals surface area contributed by atoms with E-state index in [-0.39, 0.29) is 15.4 Å². The van der Waals surface area contributed by atoms with Crippen molar-refractivity contribution >= 4 is 52.2 Å². The molecular weight excluding hydrogens is 454 g/mol. The number of thiophene rings is 1. The highest BCUT2D eigenvalue weighted by Gasteiger charge is 2.26. The Kier molecular flexibility index (Phi) is 8.87. The Hall–Kier alpha value is -3.99. The molecule has 0 fully saturated rings. The van der Waals surface area contributed by atoms with E-state index in [9.17, 15) is 24.0 Å². The summed E-state index contributed by atoms with van der Waals surface area (Å²) in [5.41, 5.74) is 1.29. The first-order chi connectivity index (χ1) is 15.7. The Bertz CT molecular complexity index is 1100. The number of amides is 1. The second kappa shape index (κ2) is 11.6. The van der Waals surface area contributed by atoms with Crippen LogP contribution in [0.3, 0.4) is 0 Å². The molecule has 10 nitrogen and oxygen atoms in total. The molecule has 0 unspecified atom stereocenters. The molecule has 0 bridgehead atoms. The van der Waals surface area contributed by atoms with Gasteiger partial charge >= 0.3 is 23.9 Å². The summed E-state index contributed by atoms with van der Waals surface area (Å²) in [5.74, 6) is -3.40. The Balaban J connectivity index is 2.00. The van der Waals surface area contributed by atoms with Crippen LogP contribution in [-0.4, -0.2) is 57.7 Å². The van der Waals surface area contributed by atoms with Gasteiger partial charge in [0.05, 0.1) is 32.5 Å². The minimum atomic E-state index is -0.784. The lowest BCUT2D eigenvalue weighted by Gasteiger charge is -2.06. The average molecular weight is 475 g/mol. The van der Waals surface area contributed by atoms with Crippen LogP contribution in [-0.2, 0) is 28.5 Å². The van der Waals surface area contributed by atoms with E-state index in [2.05, 4.69) is 14.8 Å². The van der Waals surface area contributed by atoms with Crippen LogP contribution in [0.2, 0.25) is 0 Å². The average Bonchev–Trinajstić information content (AvgIpc) is 3.15. The number of nitrogens with one attached hydrogen (secondary N) is 1. The largest absolute Gasteiger partial charge is 0.465 e. The summed E-state index contributed by atoms with van der Waals surface area (Å²) in [7, 11) is 3.63. The molecule has 1 N–H and O–H groups in total. The Morgan fingerprint density at radius 3 is 2.09 bits per heavy atom. The van der Waals surface area contributed by atoms with Crippen LogP contribution in [0.1, 0.15) is 41.5 Å². The van der Waals surface area contributed by atoms with Crippen LogP contribution < -0.4 is 5.32 Å². The molecule has 0 atom stereocenters. The first-order valence-electron chi connectivity index (χ1n) is 9.34. The number of hydrogen-bond donors (Lipinski definition) is 1. The zero-order valence-corrected chi connectivity index (χ0v) is 19.1. The lowest BCUT2D eigenvalue weighted by molar-refractivity contribution is -0.142. The molecule has 0 spiro atoms. The Morgan fingerprint density at radius 2 is 1.52 bits per heavy atom. The van der Waals surface area contributed by atoms with Crippen molar-refractivity contribution in [3.05, 3.63) is 57.5 Å². The lowest BCUT2D eigenvalue weighted by Crippen LogP contribution is -2.21. The van der Waals surface area contributed by atoms with Crippen molar-refractivity contribution in [1.29, 1.82) is 0 Å². The van der Waals surface area contributed by atoms with Crippen LogP contribution >= 0.6 is 11.3 Å². The molecule has 1 heterocycles. The van der Waals surface area contributed by atoms with Crippen LogP contribution in [0.15, 0.2) is 30.3 Å². The molecule has 0 aliphatic heterocycles. The van der Waals surface area contributed by atoms with E-state index in [1.54, 1.807) is 12.1 Å². The lowest BCUT2D eigenvalue weighted by atomic mass is 10.1. The third-order valence-corrected chi connectivity index (χ3v) is 5.44. The van der Waals surface area contributed by atoms with Crippen LogP contribution in [0.4, 0.5) is 5.00 Å². The van der Waals surface area contributed by atoms with Gasteiger partial charge in [-0.25, -0.2) is 19.2 Å². The van der Waals surface area contributed by atoms with E-state index in [1.807, 2.05) is 0 Å². The van der Waals surface area contributed by atoms with Crippen molar-refractivity contribution in [2.45, 2.75) is 6.92 Å². The van der Waals surface area contributed by atoms with E-state index in [1.165, 1.54) is 46.5 Å². The number of carbonyl (C=O) groups is 5. The molecule has 11 heteroatoms. The van der Waals surface area contributed by atoms with Gasteiger partial charge in [-0.1, -0.05) is 12.1 Å². The normalized spacial score (nSPS) is 10.4. The van der Waals surface area contributed by atoms with Gasteiger partial charge in [-0.2, -0.15) is 0 Å². The standard InChI is InChI=1S/C22H21NO9S/c1-12-17(21(27)30-3)19(33-18(12)22(28)31-4)23-15(24)11-32-16(25)10-7-13-5-8-14(9-6-13)20(26)29-2/h5-10H,11H2,1-4H3,(H,23,24)/b10-7+. The summed E-state index contributed by atoms with van der Waals surface area (Å²) >= 11 is 0.843. The number of carbonyl (C=O) groups excluding carboxylic acids is 5. The fourth-order valence-corrected chi connectivity index (χ4v) is 3.73. The zero-order chi connectivity index (χ0) is 24.5. The smallest absolute Gasteiger partial charge is 0.348 e. The summed E-state index contributed by atoms with van der Waals surface area (Å²) in [6, 6.07) is 6.29. The molecule has 0 aliphatic rings. The van der Waals surface area contributed by atoms with Crippen LogP contribution in [0.5, 0.6) is 0 Å². The maximum absolute atomic E-state index is 12.2. The maximum atomic E-state index is 12.2. The number of esters is 4. The monoisotopic (exact) mass is 475 g/mol. The molecule has 0 saturated heterocycles. The van der Waals surface area contributed by atoms with Gasteiger partial charge in [0.2, 0.25) is 0 Å². The van der Waals surface area contributed by atoms with Gasteiger partial charge in [0.15, 0.2) is 6.61 Å². The molecule has 0 radical (unpaired) electrons. The van der Waals surface area contributed by atoms with Gasteiger partial charge in [0, 0.05) is 6.08 Å². The third kappa shape index (κ3) is 6.50. The molecule has 33 heavy (non-hydrogen) atoms. The molecule has 174 valence electrons. The van der Waals surface area contributed by atoms with Crippen molar-refractivity contribution in [2.75, 3.05) is 33.3 Å². The predicted octanol–water partition coefficient (Wildman–Crippen LogP) is 2.61. The molecule has 0 aliphatic carbocycles. The van der Waals surface area contributed by atoms with Gasteiger partial charge in [-0.15, -0.1) is 11.3 Å². The summed E-state index contributed by atoms with van der Waals surface area (Å²) in [6.45, 7) is 0.892. The van der Waals surface area contributed by atoms with E-state index in [0.29, 0.717) is 16.7 Å². The van der Waals surface area contributed by atoms with Crippen molar-refractivity contribution in [3.8, 4) is 0 Å². The van der Waals surface area contributed by atoms with Gasteiger partial charge in [-0.05, 0) is 36.3 Å². The quantitative estimate of drug-likeness (QED) is 0.347. The molecular formula is C22H21NO9S. The van der Waals surface area contributed by atoms with Crippen molar-refractivity contribution in [2.24, 2.45) is 0 Å². The minimum absolute atomic E-state index is 0.0119. The third-order valence-electron chi connectivity index (χ3n) is 4.25. The Labute approximate surface area is 193 Å². The molecule has 1 amide bonds. The first kappa shape index (κ1) is 25.3. The van der Waals surface area contributed by atoms with E-state index < -0.39 is 36.4 Å². The van der Waals surface area contributed by atoms with Crippen LogP contribution in [0, 0.1) is 6.92 Å². The second-order valence-corrected chi connectivity index (χ2v) is 7.37. The predicted molar refractivity (Wildman–Crippen MR) is 118 cm³/mol. The summed E-state index contributed by atoms with van der Waals surface area (Å²) in [6.07, 6.45) is 2.56. The zero-order valence-electron chi connectivity index (χ0n) is 18.3. The summed E-state index contributed by atoms with van der Waals surface area (Å²) in [4.78, 5) is 59.7. The topological polar surface area (TPSA) is 134 Å². The Morgan fingerprint density at radius 1 is 0.909 bits per heavy atom. The van der Waals surface area contributed by atoms with E-state index >= 15 is 0 Å². The molecule has 0 saturated carbocycles. The maximum Gasteiger partial charge on any atom is 0.348 e. The van der Waals surface area contributed by atoms with E-state index in [4.69, 9.17) is 9.47 Å². The highest BCUT2D eigenvalue weighted by atomic mass is 32.1. The van der Waals surface area contributed by atoms with Crippen molar-refractivity contribution in [1.82, 2.24) is 0 Å². The fraction of sp³-hybridized carbons (Fsp3) is 0.227. The van der Waals surface area contributed by atoms with E-state index in [0.717, 1.165) is 17.4 Å². The highest BCUT2D eigenvalue weighted by molar-refractivity contribution is 7.18. The number of anilines is 1. The number of hydrogen-bond acceptors (Lipinski definition) is 10. The second-order valence-electron chi connectivity index (χ2n) is 6.35. The molecule has 2 rings (SSSR count). The molecule has 1 aromatic heterocycles. The van der Waals surface area contributed by atoms with Crippen molar-refractivity contribution in [3.63, 3.8) is 0 Å². The minimum Gasteiger partial charge on any atom is -0.465 e. The number of methoxy groups -OCH3 is 3.